The number of carbonyl (C=O) groups excluding carboxylic acids is 1. The zero-order valence-electron chi connectivity index (χ0n) is 15.5. The zero-order chi connectivity index (χ0) is 20.4. The molecule has 0 saturated carbocycles. The minimum absolute atomic E-state index is 0.00785. The minimum Gasteiger partial charge on any atom is -0.351 e. The number of benzene rings is 2. The molecule has 1 aliphatic rings. The summed E-state index contributed by atoms with van der Waals surface area (Å²) in [4.78, 5) is 12.3. The molecule has 0 bridgehead atoms. The van der Waals surface area contributed by atoms with Crippen LogP contribution in [0, 0.1) is 0 Å². The van der Waals surface area contributed by atoms with Crippen molar-refractivity contribution in [2.75, 3.05) is 28.9 Å². The van der Waals surface area contributed by atoms with Gasteiger partial charge in [0.1, 0.15) is 0 Å². The van der Waals surface area contributed by atoms with Gasteiger partial charge < -0.3 is 5.32 Å². The first-order valence-electron chi connectivity index (χ1n) is 8.94. The Morgan fingerprint density at radius 2 is 1.82 bits per heavy atom. The molecule has 1 aliphatic heterocycles. The van der Waals surface area contributed by atoms with Crippen molar-refractivity contribution in [3.63, 3.8) is 0 Å². The molecule has 28 heavy (non-hydrogen) atoms. The standard InChI is InChI=1S/C19H22N2O5S2/c1-2-27(23,24)13-11-20-19(22)16-7-5-8-17(14-16)28(25,26)21-12-10-15-6-3-4-9-18(15)21/h3-9,14H,2,10-13H2,1H3,(H,20,22). The lowest BCUT2D eigenvalue weighted by atomic mass is 10.2. The molecule has 1 amide bonds. The largest absolute Gasteiger partial charge is 0.351 e. The molecule has 0 aliphatic carbocycles. The second-order valence-electron chi connectivity index (χ2n) is 6.48. The number of sulfone groups is 1. The van der Waals surface area contributed by atoms with E-state index in [4.69, 9.17) is 0 Å². The van der Waals surface area contributed by atoms with Crippen molar-refractivity contribution < 1.29 is 21.6 Å². The molecule has 0 atom stereocenters. The number of hydrogen-bond donors (Lipinski definition) is 1. The fourth-order valence-electron chi connectivity index (χ4n) is 3.05. The van der Waals surface area contributed by atoms with Gasteiger partial charge in [0.05, 0.1) is 16.3 Å². The number of hydrogen-bond acceptors (Lipinski definition) is 5. The lowest BCUT2D eigenvalue weighted by Gasteiger charge is -2.20. The molecule has 0 aromatic heterocycles. The maximum absolute atomic E-state index is 13.1. The number of anilines is 1. The molecule has 7 nitrogen and oxygen atoms in total. The highest BCUT2D eigenvalue weighted by Gasteiger charge is 2.30. The van der Waals surface area contributed by atoms with Gasteiger partial charge in [0.2, 0.25) is 0 Å². The normalized spacial score (nSPS) is 14.0. The number of carbonyl (C=O) groups is 1. The van der Waals surface area contributed by atoms with Crippen LogP contribution >= 0.6 is 0 Å². The average molecular weight is 423 g/mol. The third kappa shape index (κ3) is 4.20. The molecule has 150 valence electrons. The topological polar surface area (TPSA) is 101 Å². The lowest BCUT2D eigenvalue weighted by Crippen LogP contribution is -2.31. The van der Waals surface area contributed by atoms with Gasteiger partial charge in [-0.1, -0.05) is 31.2 Å². The van der Waals surface area contributed by atoms with Crippen LogP contribution in [0.4, 0.5) is 5.69 Å². The van der Waals surface area contributed by atoms with Gasteiger partial charge in [0.25, 0.3) is 15.9 Å². The van der Waals surface area contributed by atoms with E-state index in [0.717, 1.165) is 5.56 Å². The third-order valence-electron chi connectivity index (χ3n) is 4.67. The predicted octanol–water partition coefficient (Wildman–Crippen LogP) is 1.60. The van der Waals surface area contributed by atoms with E-state index < -0.39 is 25.8 Å². The van der Waals surface area contributed by atoms with E-state index in [0.29, 0.717) is 18.7 Å². The smallest absolute Gasteiger partial charge is 0.264 e. The van der Waals surface area contributed by atoms with Crippen molar-refractivity contribution in [2.24, 2.45) is 0 Å². The van der Waals surface area contributed by atoms with Crippen LogP contribution in [0.25, 0.3) is 0 Å². The van der Waals surface area contributed by atoms with Crippen LogP contribution in [0.1, 0.15) is 22.8 Å². The predicted molar refractivity (Wildman–Crippen MR) is 108 cm³/mol. The maximum atomic E-state index is 13.1. The molecule has 2 aromatic rings. The van der Waals surface area contributed by atoms with Gasteiger partial charge in [-0.2, -0.15) is 0 Å². The summed E-state index contributed by atoms with van der Waals surface area (Å²) in [7, 11) is -6.98. The van der Waals surface area contributed by atoms with Gasteiger partial charge in [-0.05, 0) is 36.2 Å². The Kier molecular flexibility index (Phi) is 5.76. The molecule has 2 aromatic carbocycles. The maximum Gasteiger partial charge on any atom is 0.264 e. The molecular weight excluding hydrogens is 400 g/mol. The Morgan fingerprint density at radius 3 is 2.57 bits per heavy atom. The Labute approximate surface area is 165 Å². The lowest BCUT2D eigenvalue weighted by molar-refractivity contribution is 0.0956. The molecule has 0 radical (unpaired) electrons. The highest BCUT2D eigenvalue weighted by atomic mass is 32.2. The van der Waals surface area contributed by atoms with Gasteiger partial charge >= 0.3 is 0 Å². The molecular formula is C19H22N2O5S2. The van der Waals surface area contributed by atoms with E-state index in [1.807, 2.05) is 12.1 Å². The first-order chi connectivity index (χ1) is 13.2. The number of para-hydroxylation sites is 1. The molecule has 0 spiro atoms. The molecule has 0 fully saturated rings. The first kappa shape index (κ1) is 20.3. The number of nitrogens with zero attached hydrogens (tertiary/aromatic N) is 1. The summed E-state index contributed by atoms with van der Waals surface area (Å²) in [5.41, 5.74) is 1.79. The highest BCUT2D eigenvalue weighted by molar-refractivity contribution is 7.93. The van der Waals surface area contributed by atoms with E-state index in [-0.39, 0.29) is 28.5 Å². The molecule has 1 N–H and O–H groups in total. The van der Waals surface area contributed by atoms with Gasteiger partial charge in [0, 0.05) is 24.4 Å². The van der Waals surface area contributed by atoms with Gasteiger partial charge in [0.15, 0.2) is 9.84 Å². The van der Waals surface area contributed by atoms with Crippen molar-refractivity contribution in [3.8, 4) is 0 Å². The van der Waals surface area contributed by atoms with Crippen molar-refractivity contribution in [1.82, 2.24) is 5.32 Å². The van der Waals surface area contributed by atoms with Gasteiger partial charge in [-0.25, -0.2) is 16.8 Å². The monoisotopic (exact) mass is 422 g/mol. The van der Waals surface area contributed by atoms with Crippen molar-refractivity contribution in [2.45, 2.75) is 18.2 Å². The number of amides is 1. The Hall–Kier alpha value is -2.39. The molecule has 3 rings (SSSR count). The fraction of sp³-hybridized carbons (Fsp3) is 0.316. The SMILES string of the molecule is CCS(=O)(=O)CCNC(=O)c1cccc(S(=O)(=O)N2CCc3ccccc32)c1. The summed E-state index contributed by atoms with van der Waals surface area (Å²) >= 11 is 0. The number of sulfonamides is 1. The third-order valence-corrected chi connectivity index (χ3v) is 8.18. The minimum atomic E-state index is -3.80. The summed E-state index contributed by atoms with van der Waals surface area (Å²) in [5, 5.41) is 2.53. The van der Waals surface area contributed by atoms with Crippen LogP contribution in [-0.4, -0.2) is 47.3 Å². The van der Waals surface area contributed by atoms with E-state index in [2.05, 4.69) is 5.32 Å². The molecule has 9 heteroatoms. The van der Waals surface area contributed by atoms with Crippen LogP contribution in [0.3, 0.4) is 0 Å². The van der Waals surface area contributed by atoms with Crippen LogP contribution in [-0.2, 0) is 26.3 Å². The zero-order valence-corrected chi connectivity index (χ0v) is 17.1. The number of nitrogens with one attached hydrogen (secondary N) is 1. The average Bonchev–Trinajstić information content (AvgIpc) is 3.13. The number of fused-ring (bicyclic) bond motifs is 1. The second-order valence-corrected chi connectivity index (χ2v) is 10.8. The number of rotatable bonds is 7. The van der Waals surface area contributed by atoms with Crippen LogP contribution in [0.5, 0.6) is 0 Å². The van der Waals surface area contributed by atoms with E-state index in [1.165, 1.54) is 28.6 Å². The molecule has 1 heterocycles. The Morgan fingerprint density at radius 1 is 1.07 bits per heavy atom. The fourth-order valence-corrected chi connectivity index (χ4v) is 5.30. The summed E-state index contributed by atoms with van der Waals surface area (Å²) in [6.07, 6.45) is 0.640. The van der Waals surface area contributed by atoms with Gasteiger partial charge in [-0.15, -0.1) is 0 Å². The van der Waals surface area contributed by atoms with Crippen LogP contribution in [0.15, 0.2) is 53.4 Å². The summed E-state index contributed by atoms with van der Waals surface area (Å²) < 4.78 is 50.5. The van der Waals surface area contributed by atoms with E-state index in [1.54, 1.807) is 19.1 Å². The van der Waals surface area contributed by atoms with Crippen LogP contribution < -0.4 is 9.62 Å². The van der Waals surface area contributed by atoms with Crippen molar-refractivity contribution in [1.29, 1.82) is 0 Å². The molecule has 0 unspecified atom stereocenters. The quantitative estimate of drug-likeness (QED) is 0.730. The Bertz CT molecular complexity index is 1090. The van der Waals surface area contributed by atoms with Crippen molar-refractivity contribution >= 4 is 31.5 Å². The summed E-state index contributed by atoms with van der Waals surface area (Å²) in [6, 6.07) is 13.1. The summed E-state index contributed by atoms with van der Waals surface area (Å²) in [5.74, 6) is -0.656. The van der Waals surface area contributed by atoms with Gasteiger partial charge in [-0.3, -0.25) is 9.10 Å². The Balaban J connectivity index is 1.79. The van der Waals surface area contributed by atoms with E-state index >= 15 is 0 Å². The van der Waals surface area contributed by atoms with Crippen molar-refractivity contribution in [3.05, 3.63) is 59.7 Å². The van der Waals surface area contributed by atoms with Crippen LogP contribution in [0.2, 0.25) is 0 Å². The molecule has 0 saturated heterocycles. The first-order valence-corrected chi connectivity index (χ1v) is 12.2. The highest BCUT2D eigenvalue weighted by Crippen LogP contribution is 2.32. The summed E-state index contributed by atoms with van der Waals surface area (Å²) in [6.45, 7) is 1.88. The second kappa shape index (κ2) is 7.92. The van der Waals surface area contributed by atoms with E-state index in [9.17, 15) is 21.6 Å².